The Bertz CT molecular complexity index is 438. The predicted molar refractivity (Wildman–Crippen MR) is 86.0 cm³/mol. The summed E-state index contributed by atoms with van der Waals surface area (Å²) in [6.07, 6.45) is 5.56. The molecule has 1 unspecified atom stereocenters. The summed E-state index contributed by atoms with van der Waals surface area (Å²) in [5.74, 6) is 2.40. The highest BCUT2D eigenvalue weighted by Crippen LogP contribution is 2.19. The van der Waals surface area contributed by atoms with E-state index in [2.05, 4.69) is 41.1 Å². The highest BCUT2D eigenvalue weighted by Gasteiger charge is 2.20. The molecule has 0 aromatic carbocycles. The first-order chi connectivity index (χ1) is 10.2. The summed E-state index contributed by atoms with van der Waals surface area (Å²) in [6.45, 7) is 7.07. The van der Waals surface area contributed by atoms with Crippen LogP contribution < -0.4 is 10.1 Å². The van der Waals surface area contributed by atoms with E-state index in [9.17, 15) is 0 Å². The Morgan fingerprint density at radius 1 is 1.38 bits per heavy atom. The Hall–Kier alpha value is -1.36. The zero-order valence-corrected chi connectivity index (χ0v) is 13.6. The lowest BCUT2D eigenvalue weighted by molar-refractivity contribution is 0.228. The fourth-order valence-corrected chi connectivity index (χ4v) is 2.69. The molecule has 2 rings (SSSR count). The van der Waals surface area contributed by atoms with Gasteiger partial charge in [0.2, 0.25) is 5.88 Å². The lowest BCUT2D eigenvalue weighted by Crippen LogP contribution is -2.26. The molecule has 0 radical (unpaired) electrons. The number of nitrogens with one attached hydrogen (secondary N) is 1. The zero-order chi connectivity index (χ0) is 15.1. The van der Waals surface area contributed by atoms with Gasteiger partial charge in [0.1, 0.15) is 11.6 Å². The van der Waals surface area contributed by atoms with E-state index in [1.165, 1.54) is 19.4 Å². The third-order valence-electron chi connectivity index (χ3n) is 3.99. The lowest BCUT2D eigenvalue weighted by Gasteiger charge is -2.19. The predicted octanol–water partition coefficient (Wildman–Crippen LogP) is 2.72. The van der Waals surface area contributed by atoms with Crippen LogP contribution in [-0.2, 0) is 6.42 Å². The Labute approximate surface area is 128 Å². The Balaban J connectivity index is 1.88. The molecule has 118 valence electrons. The molecule has 1 aromatic heterocycles. The van der Waals surface area contributed by atoms with Crippen molar-refractivity contribution < 1.29 is 4.74 Å². The van der Waals surface area contributed by atoms with Crippen molar-refractivity contribution in [2.24, 2.45) is 0 Å². The average Bonchev–Trinajstić information content (AvgIpc) is 2.90. The first kappa shape index (κ1) is 16.0. The Kier molecular flexibility index (Phi) is 6.23. The van der Waals surface area contributed by atoms with Crippen molar-refractivity contribution in [2.75, 3.05) is 32.1 Å². The van der Waals surface area contributed by atoms with Crippen molar-refractivity contribution in [1.29, 1.82) is 0 Å². The molecule has 1 atom stereocenters. The molecule has 2 heterocycles. The molecule has 0 spiro atoms. The molecular formula is C16H28N4O. The summed E-state index contributed by atoms with van der Waals surface area (Å²) < 4.78 is 5.86. The van der Waals surface area contributed by atoms with E-state index in [4.69, 9.17) is 4.74 Å². The molecule has 5 heteroatoms. The van der Waals surface area contributed by atoms with Gasteiger partial charge in [-0.1, -0.05) is 13.8 Å². The standard InChI is InChI=1S/C16H28N4O/c1-4-9-17-15-12-16(19-14(5-2)18-15)21-11-8-13-7-6-10-20(13)3/h12-13H,4-11H2,1-3H3,(H,17,18,19). The van der Waals surface area contributed by atoms with Gasteiger partial charge in [0.05, 0.1) is 6.61 Å². The number of rotatable bonds is 8. The van der Waals surface area contributed by atoms with Crippen molar-refractivity contribution in [3.8, 4) is 5.88 Å². The molecule has 1 aliphatic rings. The number of aryl methyl sites for hydroxylation is 1. The molecule has 1 saturated heterocycles. The molecule has 0 saturated carbocycles. The van der Waals surface area contributed by atoms with Crippen LogP contribution in [0.2, 0.25) is 0 Å². The molecule has 0 amide bonds. The van der Waals surface area contributed by atoms with Crippen LogP contribution in [0.5, 0.6) is 5.88 Å². The molecule has 0 aliphatic carbocycles. The van der Waals surface area contributed by atoms with Crippen LogP contribution in [-0.4, -0.2) is 47.7 Å². The fraction of sp³-hybridized carbons (Fsp3) is 0.750. The first-order valence-corrected chi connectivity index (χ1v) is 8.17. The summed E-state index contributed by atoms with van der Waals surface area (Å²) in [7, 11) is 2.20. The number of nitrogens with zero attached hydrogens (tertiary/aromatic N) is 3. The second-order valence-corrected chi connectivity index (χ2v) is 5.70. The maximum Gasteiger partial charge on any atom is 0.218 e. The highest BCUT2D eigenvalue weighted by atomic mass is 16.5. The van der Waals surface area contributed by atoms with Crippen molar-refractivity contribution in [3.05, 3.63) is 11.9 Å². The minimum atomic E-state index is 0.662. The van der Waals surface area contributed by atoms with Gasteiger partial charge in [-0.2, -0.15) is 4.98 Å². The Morgan fingerprint density at radius 2 is 2.24 bits per heavy atom. The highest BCUT2D eigenvalue weighted by molar-refractivity contribution is 5.38. The van der Waals surface area contributed by atoms with Gasteiger partial charge in [0.25, 0.3) is 0 Å². The summed E-state index contributed by atoms with van der Waals surface area (Å²) >= 11 is 0. The minimum absolute atomic E-state index is 0.662. The first-order valence-electron chi connectivity index (χ1n) is 8.17. The number of hydrogen-bond acceptors (Lipinski definition) is 5. The van der Waals surface area contributed by atoms with Crippen LogP contribution in [0.15, 0.2) is 6.07 Å². The number of hydrogen-bond donors (Lipinski definition) is 1. The monoisotopic (exact) mass is 292 g/mol. The van der Waals surface area contributed by atoms with Crippen molar-refractivity contribution >= 4 is 5.82 Å². The van der Waals surface area contributed by atoms with Gasteiger partial charge in [-0.15, -0.1) is 0 Å². The summed E-state index contributed by atoms with van der Waals surface area (Å²) in [5.41, 5.74) is 0. The molecule has 1 fully saturated rings. The van der Waals surface area contributed by atoms with E-state index >= 15 is 0 Å². The van der Waals surface area contributed by atoms with E-state index < -0.39 is 0 Å². The van der Waals surface area contributed by atoms with Crippen LogP contribution in [0.1, 0.15) is 45.4 Å². The third-order valence-corrected chi connectivity index (χ3v) is 3.99. The number of anilines is 1. The molecule has 1 aromatic rings. The number of likely N-dealkylation sites (tertiary alicyclic amines) is 1. The van der Waals surface area contributed by atoms with Gasteiger partial charge in [0.15, 0.2) is 0 Å². The van der Waals surface area contributed by atoms with Gasteiger partial charge < -0.3 is 15.0 Å². The van der Waals surface area contributed by atoms with E-state index in [1.807, 2.05) is 6.07 Å². The van der Waals surface area contributed by atoms with Crippen LogP contribution >= 0.6 is 0 Å². The Morgan fingerprint density at radius 3 is 2.90 bits per heavy atom. The van der Waals surface area contributed by atoms with E-state index in [0.29, 0.717) is 11.9 Å². The van der Waals surface area contributed by atoms with Crippen LogP contribution in [0.25, 0.3) is 0 Å². The summed E-state index contributed by atoms with van der Waals surface area (Å²) in [5, 5.41) is 3.31. The van der Waals surface area contributed by atoms with Crippen molar-refractivity contribution in [1.82, 2.24) is 14.9 Å². The molecule has 1 N–H and O–H groups in total. The van der Waals surface area contributed by atoms with Crippen molar-refractivity contribution in [3.63, 3.8) is 0 Å². The smallest absolute Gasteiger partial charge is 0.218 e. The van der Waals surface area contributed by atoms with Crippen LogP contribution in [0, 0.1) is 0 Å². The SMILES string of the molecule is CCCNc1cc(OCCC2CCCN2C)nc(CC)n1. The second-order valence-electron chi connectivity index (χ2n) is 5.70. The quantitative estimate of drug-likeness (QED) is 0.798. The van der Waals surface area contributed by atoms with Gasteiger partial charge in [0, 0.05) is 25.1 Å². The van der Waals surface area contributed by atoms with E-state index in [0.717, 1.165) is 44.1 Å². The maximum absolute atomic E-state index is 5.86. The average molecular weight is 292 g/mol. The molecule has 1 aliphatic heterocycles. The minimum Gasteiger partial charge on any atom is -0.477 e. The number of aromatic nitrogens is 2. The summed E-state index contributed by atoms with van der Waals surface area (Å²) in [4.78, 5) is 11.4. The molecular weight excluding hydrogens is 264 g/mol. The van der Waals surface area contributed by atoms with Crippen LogP contribution in [0.4, 0.5) is 5.82 Å². The van der Waals surface area contributed by atoms with Crippen LogP contribution in [0.3, 0.4) is 0 Å². The molecule has 21 heavy (non-hydrogen) atoms. The fourth-order valence-electron chi connectivity index (χ4n) is 2.69. The largest absolute Gasteiger partial charge is 0.477 e. The van der Waals surface area contributed by atoms with E-state index in [-0.39, 0.29) is 0 Å². The van der Waals surface area contributed by atoms with Crippen molar-refractivity contribution in [2.45, 2.75) is 52.0 Å². The third kappa shape index (κ3) is 4.84. The lowest BCUT2D eigenvalue weighted by atomic mass is 10.1. The van der Waals surface area contributed by atoms with Gasteiger partial charge in [-0.05, 0) is 39.3 Å². The second kappa shape index (κ2) is 8.17. The van der Waals surface area contributed by atoms with Gasteiger partial charge >= 0.3 is 0 Å². The molecule has 0 bridgehead atoms. The van der Waals surface area contributed by atoms with Gasteiger partial charge in [-0.25, -0.2) is 4.98 Å². The maximum atomic E-state index is 5.86. The zero-order valence-electron chi connectivity index (χ0n) is 13.6. The molecule has 5 nitrogen and oxygen atoms in total. The summed E-state index contributed by atoms with van der Waals surface area (Å²) in [6, 6.07) is 2.57. The van der Waals surface area contributed by atoms with Gasteiger partial charge in [-0.3, -0.25) is 0 Å². The van der Waals surface area contributed by atoms with E-state index in [1.54, 1.807) is 0 Å². The number of ether oxygens (including phenoxy) is 1. The normalized spacial score (nSPS) is 18.9. The topological polar surface area (TPSA) is 50.3 Å².